The molecule has 0 aromatic carbocycles. The first-order valence-corrected chi connectivity index (χ1v) is 10.8. The van der Waals surface area contributed by atoms with E-state index >= 15 is 0 Å². The largest absolute Gasteiger partial charge is 0.444 e. The van der Waals surface area contributed by atoms with Crippen molar-refractivity contribution in [3.63, 3.8) is 0 Å². The van der Waals surface area contributed by atoms with E-state index in [-0.39, 0.29) is 12.0 Å². The van der Waals surface area contributed by atoms with Gasteiger partial charge in [0.05, 0.1) is 0 Å². The van der Waals surface area contributed by atoms with Gasteiger partial charge in [0.2, 0.25) is 0 Å². The van der Waals surface area contributed by atoms with Crippen LogP contribution in [0.4, 0.5) is 4.79 Å². The number of carbonyl (C=O) groups is 2. The lowest BCUT2D eigenvalue weighted by molar-refractivity contribution is 0.0198. The van der Waals surface area contributed by atoms with Crippen molar-refractivity contribution in [3.05, 3.63) is 34.2 Å². The number of nitrogens with zero attached hydrogens (tertiary/aromatic N) is 2. The first-order chi connectivity index (χ1) is 13.7. The van der Waals surface area contributed by atoms with Crippen LogP contribution in [0.1, 0.15) is 92.4 Å². The molecule has 2 heterocycles. The molecule has 29 heavy (non-hydrogen) atoms. The molecule has 1 atom stereocenters. The van der Waals surface area contributed by atoms with E-state index in [0.717, 1.165) is 37.7 Å². The molecule has 156 valence electrons. The van der Waals surface area contributed by atoms with E-state index in [1.807, 2.05) is 31.9 Å². The number of fused-ring (bicyclic) bond motifs is 2. The Labute approximate surface area is 172 Å². The van der Waals surface area contributed by atoms with Crippen molar-refractivity contribution in [2.75, 3.05) is 13.1 Å². The average Bonchev–Trinajstić information content (AvgIpc) is 3.05. The topological polar surface area (TPSA) is 85.5 Å². The third kappa shape index (κ3) is 3.89. The predicted octanol–water partition coefficient (Wildman–Crippen LogP) is 4.18. The Morgan fingerprint density at radius 2 is 1.97 bits per heavy atom. The number of aromatic nitrogens is 1. The van der Waals surface area contributed by atoms with Crippen molar-refractivity contribution in [1.82, 2.24) is 9.88 Å². The van der Waals surface area contributed by atoms with Crippen LogP contribution in [-0.4, -0.2) is 40.6 Å². The molecule has 1 unspecified atom stereocenters. The van der Waals surface area contributed by atoms with E-state index in [2.05, 4.69) is 4.98 Å². The molecule has 0 radical (unpaired) electrons. The van der Waals surface area contributed by atoms with Crippen molar-refractivity contribution < 1.29 is 14.3 Å². The summed E-state index contributed by atoms with van der Waals surface area (Å²) in [7, 11) is 0. The minimum Gasteiger partial charge on any atom is -0.444 e. The highest BCUT2D eigenvalue weighted by atomic mass is 16.6. The Balaban J connectivity index is 1.67. The number of likely N-dealkylation sites (tertiary alicyclic amines) is 1. The maximum absolute atomic E-state index is 12.6. The molecule has 3 aliphatic rings. The highest BCUT2D eigenvalue weighted by Gasteiger charge is 2.35. The lowest BCUT2D eigenvalue weighted by Crippen LogP contribution is -2.42. The van der Waals surface area contributed by atoms with Crippen LogP contribution in [0.15, 0.2) is 11.8 Å². The molecule has 0 spiro atoms. The summed E-state index contributed by atoms with van der Waals surface area (Å²) < 4.78 is 5.59. The summed E-state index contributed by atoms with van der Waals surface area (Å²) in [5.41, 5.74) is 11.8. The van der Waals surface area contributed by atoms with Crippen LogP contribution in [0.2, 0.25) is 0 Å². The molecule has 6 heteroatoms. The smallest absolute Gasteiger partial charge is 0.410 e. The first kappa shape index (κ1) is 19.9. The van der Waals surface area contributed by atoms with Crippen molar-refractivity contribution in [2.45, 2.75) is 77.2 Å². The second-order valence-electron chi connectivity index (χ2n) is 9.51. The standard InChI is InChI=1S/C23H31N3O3/c1-23(2,3)29-22(28)26-10-6-8-15(13-26)18-12-25-20(21(24)27)17-11-14-7-4-5-9-16(14)19(17)18/h12,15H,4-11,13H2,1-3H3,(H2,24,27). The summed E-state index contributed by atoms with van der Waals surface area (Å²) in [5.74, 6) is -0.250. The van der Waals surface area contributed by atoms with Crippen LogP contribution in [0, 0.1) is 0 Å². The normalized spacial score (nSPS) is 21.6. The van der Waals surface area contributed by atoms with Crippen LogP contribution in [0.5, 0.6) is 0 Å². The monoisotopic (exact) mass is 397 g/mol. The summed E-state index contributed by atoms with van der Waals surface area (Å²) >= 11 is 0. The summed E-state index contributed by atoms with van der Waals surface area (Å²) in [6.07, 6.45) is 8.86. The molecule has 1 aliphatic heterocycles. The maximum Gasteiger partial charge on any atom is 0.410 e. The highest BCUT2D eigenvalue weighted by molar-refractivity contribution is 5.96. The van der Waals surface area contributed by atoms with Gasteiger partial charge in [0.25, 0.3) is 5.91 Å². The molecular weight excluding hydrogens is 366 g/mol. The van der Waals surface area contributed by atoms with Gasteiger partial charge in [0.1, 0.15) is 11.3 Å². The van der Waals surface area contributed by atoms with E-state index in [1.165, 1.54) is 35.1 Å². The molecule has 2 aliphatic carbocycles. The molecule has 1 fully saturated rings. The fraction of sp³-hybridized carbons (Fsp3) is 0.609. The van der Waals surface area contributed by atoms with Gasteiger partial charge < -0.3 is 15.4 Å². The summed E-state index contributed by atoms with van der Waals surface area (Å²) in [6.45, 7) is 7.02. The molecule has 1 saturated heterocycles. The zero-order valence-corrected chi connectivity index (χ0v) is 17.7. The SMILES string of the molecule is CC(C)(C)OC(=O)N1CCCC(c2cnc(C(N)=O)c3c2C2=C(CCCC2)C3)C1. The van der Waals surface area contributed by atoms with E-state index in [0.29, 0.717) is 18.8 Å². The van der Waals surface area contributed by atoms with Crippen molar-refractivity contribution in [2.24, 2.45) is 5.73 Å². The summed E-state index contributed by atoms with van der Waals surface area (Å²) in [4.78, 5) is 30.9. The van der Waals surface area contributed by atoms with E-state index in [4.69, 9.17) is 10.5 Å². The molecule has 2 amide bonds. The minimum atomic E-state index is -0.502. The second-order valence-corrected chi connectivity index (χ2v) is 9.51. The molecule has 2 N–H and O–H groups in total. The number of allylic oxidation sites excluding steroid dienone is 2. The van der Waals surface area contributed by atoms with E-state index in [1.54, 1.807) is 0 Å². The number of primary amides is 1. The Bertz CT molecular complexity index is 882. The average molecular weight is 398 g/mol. The maximum atomic E-state index is 12.6. The Morgan fingerprint density at radius 3 is 2.69 bits per heavy atom. The summed E-state index contributed by atoms with van der Waals surface area (Å²) in [5, 5.41) is 0. The molecule has 0 saturated carbocycles. The molecule has 0 bridgehead atoms. The van der Waals surface area contributed by atoms with Gasteiger partial charge in [-0.1, -0.05) is 5.57 Å². The van der Waals surface area contributed by atoms with E-state index < -0.39 is 11.5 Å². The third-order valence-corrected chi connectivity index (χ3v) is 6.23. The van der Waals surface area contributed by atoms with Crippen LogP contribution in [0.25, 0.3) is 5.57 Å². The van der Waals surface area contributed by atoms with Crippen LogP contribution in [0.3, 0.4) is 0 Å². The number of pyridine rings is 1. The molecular formula is C23H31N3O3. The predicted molar refractivity (Wildman–Crippen MR) is 112 cm³/mol. The Hall–Kier alpha value is -2.37. The van der Waals surface area contributed by atoms with Crippen LogP contribution in [-0.2, 0) is 11.2 Å². The first-order valence-electron chi connectivity index (χ1n) is 10.8. The minimum absolute atomic E-state index is 0.202. The van der Waals surface area contributed by atoms with Gasteiger partial charge in [-0.25, -0.2) is 4.79 Å². The van der Waals surface area contributed by atoms with Gasteiger partial charge in [-0.05, 0) is 88.0 Å². The highest BCUT2D eigenvalue weighted by Crippen LogP contribution is 2.46. The Kier molecular flexibility index (Phi) is 5.13. The molecule has 1 aromatic heterocycles. The number of hydrogen-bond acceptors (Lipinski definition) is 4. The quantitative estimate of drug-likeness (QED) is 0.811. The zero-order chi connectivity index (χ0) is 20.8. The second kappa shape index (κ2) is 7.47. The van der Waals surface area contributed by atoms with Gasteiger partial charge in [-0.15, -0.1) is 0 Å². The fourth-order valence-electron chi connectivity index (χ4n) is 5.02. The number of rotatable bonds is 2. The van der Waals surface area contributed by atoms with Gasteiger partial charge in [0, 0.05) is 25.2 Å². The van der Waals surface area contributed by atoms with Gasteiger partial charge in [0.15, 0.2) is 0 Å². The van der Waals surface area contributed by atoms with Crippen LogP contribution < -0.4 is 5.73 Å². The molecule has 1 aromatic rings. The van der Waals surface area contributed by atoms with Crippen molar-refractivity contribution >= 4 is 17.6 Å². The van der Waals surface area contributed by atoms with Gasteiger partial charge >= 0.3 is 6.09 Å². The number of ether oxygens (including phenoxy) is 1. The molecule has 4 rings (SSSR count). The lowest BCUT2D eigenvalue weighted by Gasteiger charge is -2.35. The molecule has 6 nitrogen and oxygen atoms in total. The van der Waals surface area contributed by atoms with Crippen molar-refractivity contribution in [3.8, 4) is 0 Å². The number of carbonyl (C=O) groups excluding carboxylic acids is 2. The van der Waals surface area contributed by atoms with Gasteiger partial charge in [-0.2, -0.15) is 0 Å². The number of piperidine rings is 1. The number of nitrogens with two attached hydrogens (primary N) is 1. The van der Waals surface area contributed by atoms with Crippen molar-refractivity contribution in [1.29, 1.82) is 0 Å². The fourth-order valence-corrected chi connectivity index (χ4v) is 5.02. The summed E-state index contributed by atoms with van der Waals surface area (Å²) in [6, 6.07) is 0. The van der Waals surface area contributed by atoms with E-state index in [9.17, 15) is 9.59 Å². The van der Waals surface area contributed by atoms with Crippen LogP contribution >= 0.6 is 0 Å². The van der Waals surface area contributed by atoms with Gasteiger partial charge in [-0.3, -0.25) is 9.78 Å². The Morgan fingerprint density at radius 1 is 1.21 bits per heavy atom. The number of amides is 2. The third-order valence-electron chi connectivity index (χ3n) is 6.23. The lowest BCUT2D eigenvalue weighted by atomic mass is 9.83. The number of hydrogen-bond donors (Lipinski definition) is 1. The zero-order valence-electron chi connectivity index (χ0n) is 17.7.